The highest BCUT2D eigenvalue weighted by Gasteiger charge is 2.54. The fraction of sp³-hybridized carbons (Fsp3) is 0.556. The van der Waals surface area contributed by atoms with Gasteiger partial charge in [-0.15, -0.1) is 0 Å². The van der Waals surface area contributed by atoms with Crippen LogP contribution >= 0.6 is 0 Å². The van der Waals surface area contributed by atoms with Crippen LogP contribution in [0.1, 0.15) is 44.1 Å². The van der Waals surface area contributed by atoms with E-state index in [1.54, 1.807) is 24.4 Å². The summed E-state index contributed by atoms with van der Waals surface area (Å²) in [6, 6.07) is 6.85. The van der Waals surface area contributed by atoms with Gasteiger partial charge in [-0.25, -0.2) is 5.43 Å². The standard InChI is InChI=1S/C18H22N2O2/c21-16-3-1-2-12(7-16)11-19-20-17(22)18-8-13-4-14(9-18)6-15(5-13)10-18/h1-3,7,11,13-15,21H,4-6,8-10H2,(H,20,22)/b19-11+. The summed E-state index contributed by atoms with van der Waals surface area (Å²) in [6.07, 6.45) is 8.74. The van der Waals surface area contributed by atoms with Crippen molar-refractivity contribution < 1.29 is 9.90 Å². The van der Waals surface area contributed by atoms with E-state index in [1.165, 1.54) is 19.3 Å². The van der Waals surface area contributed by atoms with Crippen LogP contribution in [-0.2, 0) is 4.79 Å². The molecular weight excluding hydrogens is 276 g/mol. The zero-order valence-electron chi connectivity index (χ0n) is 12.7. The number of hydrogen-bond donors (Lipinski definition) is 2. The minimum atomic E-state index is -0.162. The minimum absolute atomic E-state index is 0.100. The maximum Gasteiger partial charge on any atom is 0.246 e. The fourth-order valence-corrected chi connectivity index (χ4v) is 5.28. The molecule has 22 heavy (non-hydrogen) atoms. The molecule has 4 heteroatoms. The van der Waals surface area contributed by atoms with Crippen molar-refractivity contribution in [1.82, 2.24) is 5.43 Å². The lowest BCUT2D eigenvalue weighted by Gasteiger charge is -2.55. The minimum Gasteiger partial charge on any atom is -0.508 e. The fourth-order valence-electron chi connectivity index (χ4n) is 5.28. The number of rotatable bonds is 3. The van der Waals surface area contributed by atoms with E-state index in [0.29, 0.717) is 0 Å². The van der Waals surface area contributed by atoms with E-state index in [-0.39, 0.29) is 17.1 Å². The third-order valence-electron chi connectivity index (χ3n) is 5.77. The van der Waals surface area contributed by atoms with Gasteiger partial charge in [-0.2, -0.15) is 5.10 Å². The second-order valence-electron chi connectivity index (χ2n) is 7.49. The van der Waals surface area contributed by atoms with Gasteiger partial charge in [0.05, 0.1) is 11.6 Å². The first-order valence-electron chi connectivity index (χ1n) is 8.25. The third-order valence-corrected chi connectivity index (χ3v) is 5.77. The molecule has 0 unspecified atom stereocenters. The van der Waals surface area contributed by atoms with Crippen LogP contribution in [0.5, 0.6) is 5.75 Å². The molecule has 116 valence electrons. The molecule has 2 N–H and O–H groups in total. The summed E-state index contributed by atoms with van der Waals surface area (Å²) in [4.78, 5) is 12.7. The topological polar surface area (TPSA) is 61.7 Å². The summed E-state index contributed by atoms with van der Waals surface area (Å²) in [6.45, 7) is 0. The summed E-state index contributed by atoms with van der Waals surface area (Å²) in [5, 5.41) is 13.5. The van der Waals surface area contributed by atoms with Crippen molar-refractivity contribution in [2.24, 2.45) is 28.3 Å². The second-order valence-corrected chi connectivity index (χ2v) is 7.49. The average molecular weight is 298 g/mol. The molecule has 0 radical (unpaired) electrons. The predicted molar refractivity (Wildman–Crippen MR) is 84.4 cm³/mol. The lowest BCUT2D eigenvalue weighted by Crippen LogP contribution is -2.52. The molecule has 0 atom stereocenters. The molecule has 0 heterocycles. The maximum absolute atomic E-state index is 12.7. The summed E-state index contributed by atoms with van der Waals surface area (Å²) in [5.74, 6) is 2.57. The van der Waals surface area contributed by atoms with E-state index < -0.39 is 0 Å². The van der Waals surface area contributed by atoms with E-state index in [4.69, 9.17) is 0 Å². The number of carbonyl (C=O) groups excluding carboxylic acids is 1. The third kappa shape index (κ3) is 2.40. The first-order valence-corrected chi connectivity index (χ1v) is 8.25. The summed E-state index contributed by atoms with van der Waals surface area (Å²) in [5.41, 5.74) is 3.38. The Bertz CT molecular complexity index is 588. The molecule has 4 fully saturated rings. The van der Waals surface area contributed by atoms with Gasteiger partial charge in [0.25, 0.3) is 0 Å². The maximum atomic E-state index is 12.7. The Morgan fingerprint density at radius 2 is 1.82 bits per heavy atom. The van der Waals surface area contributed by atoms with E-state index in [0.717, 1.165) is 42.6 Å². The zero-order valence-corrected chi connectivity index (χ0v) is 12.7. The van der Waals surface area contributed by atoms with Crippen molar-refractivity contribution in [3.8, 4) is 5.75 Å². The highest BCUT2D eigenvalue weighted by molar-refractivity contribution is 5.86. The molecule has 4 aliphatic carbocycles. The van der Waals surface area contributed by atoms with Crippen LogP contribution in [0.4, 0.5) is 0 Å². The largest absolute Gasteiger partial charge is 0.508 e. The Labute approximate surface area is 130 Å². The van der Waals surface area contributed by atoms with E-state index in [2.05, 4.69) is 10.5 Å². The molecule has 4 bridgehead atoms. The van der Waals surface area contributed by atoms with Crippen molar-refractivity contribution >= 4 is 12.1 Å². The molecule has 0 saturated heterocycles. The number of benzene rings is 1. The SMILES string of the molecule is O=C(N/N=C/c1cccc(O)c1)C12CC3CC(CC(C3)C1)C2. The van der Waals surface area contributed by atoms with Crippen LogP contribution in [0.15, 0.2) is 29.4 Å². The number of amides is 1. The molecule has 0 aliphatic heterocycles. The van der Waals surface area contributed by atoms with Crippen LogP contribution in [0, 0.1) is 23.2 Å². The molecule has 1 aromatic rings. The molecule has 4 saturated carbocycles. The Morgan fingerprint density at radius 1 is 1.18 bits per heavy atom. The summed E-state index contributed by atoms with van der Waals surface area (Å²) >= 11 is 0. The van der Waals surface area contributed by atoms with Gasteiger partial charge >= 0.3 is 0 Å². The molecule has 4 nitrogen and oxygen atoms in total. The second kappa shape index (κ2) is 5.11. The number of hydrogen-bond acceptors (Lipinski definition) is 3. The lowest BCUT2D eigenvalue weighted by molar-refractivity contribution is -0.146. The van der Waals surface area contributed by atoms with Crippen LogP contribution in [-0.4, -0.2) is 17.2 Å². The summed E-state index contributed by atoms with van der Waals surface area (Å²) < 4.78 is 0. The van der Waals surface area contributed by atoms with Crippen LogP contribution in [0.25, 0.3) is 0 Å². The Hall–Kier alpha value is -1.84. The number of phenols is 1. The van der Waals surface area contributed by atoms with Crippen molar-refractivity contribution in [3.63, 3.8) is 0 Å². The normalized spacial score (nSPS) is 35.9. The van der Waals surface area contributed by atoms with E-state index in [9.17, 15) is 9.90 Å². The number of phenolic OH excluding ortho intramolecular Hbond substituents is 1. The van der Waals surface area contributed by atoms with Gasteiger partial charge < -0.3 is 5.11 Å². The van der Waals surface area contributed by atoms with Crippen molar-refractivity contribution in [3.05, 3.63) is 29.8 Å². The zero-order chi connectivity index (χ0) is 15.2. The van der Waals surface area contributed by atoms with Gasteiger partial charge in [-0.3, -0.25) is 4.79 Å². The van der Waals surface area contributed by atoms with Crippen LogP contribution in [0.3, 0.4) is 0 Å². The number of nitrogens with zero attached hydrogens (tertiary/aromatic N) is 1. The lowest BCUT2D eigenvalue weighted by atomic mass is 9.49. The number of hydrazone groups is 1. The molecule has 5 rings (SSSR count). The molecule has 0 spiro atoms. The summed E-state index contributed by atoms with van der Waals surface area (Å²) in [7, 11) is 0. The van der Waals surface area contributed by atoms with Crippen molar-refractivity contribution in [2.75, 3.05) is 0 Å². The van der Waals surface area contributed by atoms with Crippen LogP contribution in [0.2, 0.25) is 0 Å². The smallest absolute Gasteiger partial charge is 0.246 e. The van der Waals surface area contributed by atoms with E-state index in [1.807, 2.05) is 6.07 Å². The van der Waals surface area contributed by atoms with E-state index >= 15 is 0 Å². The van der Waals surface area contributed by atoms with Gasteiger partial charge in [0.2, 0.25) is 5.91 Å². The van der Waals surface area contributed by atoms with Crippen molar-refractivity contribution in [2.45, 2.75) is 38.5 Å². The number of carbonyl (C=O) groups is 1. The Morgan fingerprint density at radius 3 is 2.41 bits per heavy atom. The van der Waals surface area contributed by atoms with Gasteiger partial charge in [0, 0.05) is 0 Å². The predicted octanol–water partition coefficient (Wildman–Crippen LogP) is 3.06. The highest BCUT2D eigenvalue weighted by Crippen LogP contribution is 2.60. The van der Waals surface area contributed by atoms with Crippen LogP contribution < -0.4 is 5.43 Å². The molecular formula is C18H22N2O2. The van der Waals surface area contributed by atoms with Gasteiger partial charge in [0.15, 0.2) is 0 Å². The first kappa shape index (κ1) is 13.8. The molecule has 1 aromatic carbocycles. The first-order chi connectivity index (χ1) is 10.6. The number of aromatic hydroxyl groups is 1. The van der Waals surface area contributed by atoms with Gasteiger partial charge in [-0.05, 0) is 74.0 Å². The molecule has 1 amide bonds. The highest BCUT2D eigenvalue weighted by atomic mass is 16.3. The Balaban J connectivity index is 1.44. The quantitative estimate of drug-likeness (QED) is 0.665. The van der Waals surface area contributed by atoms with Gasteiger partial charge in [-0.1, -0.05) is 12.1 Å². The van der Waals surface area contributed by atoms with Gasteiger partial charge in [0.1, 0.15) is 5.75 Å². The average Bonchev–Trinajstić information content (AvgIpc) is 2.46. The number of nitrogens with one attached hydrogen (secondary N) is 1. The monoisotopic (exact) mass is 298 g/mol. The molecule has 0 aromatic heterocycles. The molecule has 4 aliphatic rings. The Kier molecular flexibility index (Phi) is 3.21. The van der Waals surface area contributed by atoms with Crippen molar-refractivity contribution in [1.29, 1.82) is 0 Å².